The van der Waals surface area contributed by atoms with E-state index >= 15 is 0 Å². The molecular formula is C15H26N4O2. The minimum absolute atomic E-state index is 0.138. The minimum atomic E-state index is -0.891. The van der Waals surface area contributed by atoms with Crippen LogP contribution in [0.1, 0.15) is 24.2 Å². The lowest BCUT2D eigenvalue weighted by atomic mass is 10.1. The van der Waals surface area contributed by atoms with Crippen LogP contribution in [-0.4, -0.2) is 55.2 Å². The molecule has 0 aliphatic rings. The fourth-order valence-corrected chi connectivity index (χ4v) is 2.14. The maximum absolute atomic E-state index is 11.8. The van der Waals surface area contributed by atoms with E-state index in [9.17, 15) is 9.90 Å². The first-order valence-electron chi connectivity index (χ1n) is 7.04. The minimum Gasteiger partial charge on any atom is -0.397 e. The number of hydrogen-bond donors (Lipinski definition) is 4. The third kappa shape index (κ3) is 5.61. The molecule has 118 valence electrons. The molecule has 0 radical (unpaired) electrons. The van der Waals surface area contributed by atoms with Gasteiger partial charge in [-0.3, -0.25) is 4.79 Å². The number of carbonyl (C=O) groups is 1. The molecule has 1 aromatic carbocycles. The highest BCUT2D eigenvalue weighted by Crippen LogP contribution is 2.21. The van der Waals surface area contributed by atoms with Crippen LogP contribution in [0.25, 0.3) is 0 Å². The van der Waals surface area contributed by atoms with Crippen molar-refractivity contribution >= 4 is 17.3 Å². The zero-order valence-electron chi connectivity index (χ0n) is 13.2. The topological polar surface area (TPSA) is 90.6 Å². The quantitative estimate of drug-likeness (QED) is 0.557. The maximum Gasteiger partial charge on any atom is 0.251 e. The van der Waals surface area contributed by atoms with Crippen LogP contribution in [0.15, 0.2) is 18.2 Å². The number of likely N-dealkylation sites (N-methyl/N-ethyl adjacent to an activating group) is 1. The average Bonchev–Trinajstić information content (AvgIpc) is 2.36. The standard InChI is InChI=1S/C15H26N4O2/c1-5-17-14(20)11-6-7-12(16)13(8-11)18-9-15(2,21)10-19(3)4/h6-8,18,21H,5,9-10,16H2,1-4H3,(H,17,20). The van der Waals surface area contributed by atoms with Crippen molar-refractivity contribution in [2.24, 2.45) is 0 Å². The molecule has 0 heterocycles. The first kappa shape index (κ1) is 17.3. The van der Waals surface area contributed by atoms with Gasteiger partial charge in [0.15, 0.2) is 0 Å². The van der Waals surface area contributed by atoms with Gasteiger partial charge < -0.3 is 26.4 Å². The molecule has 0 spiro atoms. The fraction of sp³-hybridized carbons (Fsp3) is 0.533. The van der Waals surface area contributed by atoms with Crippen LogP contribution in [0.4, 0.5) is 11.4 Å². The Morgan fingerprint density at radius 2 is 2.10 bits per heavy atom. The van der Waals surface area contributed by atoms with Gasteiger partial charge in [-0.25, -0.2) is 0 Å². The highest BCUT2D eigenvalue weighted by Gasteiger charge is 2.21. The number of nitrogens with two attached hydrogens (primary N) is 1. The maximum atomic E-state index is 11.8. The summed E-state index contributed by atoms with van der Waals surface area (Å²) in [5.74, 6) is -0.138. The largest absolute Gasteiger partial charge is 0.397 e. The number of amides is 1. The van der Waals surface area contributed by atoms with Crippen molar-refractivity contribution in [1.29, 1.82) is 0 Å². The van der Waals surface area contributed by atoms with Crippen LogP contribution in [0.5, 0.6) is 0 Å². The van der Waals surface area contributed by atoms with Crippen molar-refractivity contribution in [3.63, 3.8) is 0 Å². The number of nitrogens with one attached hydrogen (secondary N) is 2. The number of nitrogen functional groups attached to an aromatic ring is 1. The molecule has 6 heteroatoms. The Kier molecular flexibility index (Phi) is 5.99. The van der Waals surface area contributed by atoms with Gasteiger partial charge >= 0.3 is 0 Å². The third-order valence-corrected chi connectivity index (χ3v) is 2.97. The van der Waals surface area contributed by atoms with Gasteiger partial charge in [0.2, 0.25) is 0 Å². The van der Waals surface area contributed by atoms with Gasteiger partial charge in [-0.1, -0.05) is 0 Å². The first-order valence-corrected chi connectivity index (χ1v) is 7.04. The normalized spacial score (nSPS) is 13.8. The van der Waals surface area contributed by atoms with Crippen LogP contribution < -0.4 is 16.4 Å². The van der Waals surface area contributed by atoms with E-state index < -0.39 is 5.60 Å². The zero-order chi connectivity index (χ0) is 16.0. The fourth-order valence-electron chi connectivity index (χ4n) is 2.14. The molecular weight excluding hydrogens is 268 g/mol. The van der Waals surface area contributed by atoms with Crippen LogP contribution in [0, 0.1) is 0 Å². The Morgan fingerprint density at radius 3 is 2.67 bits per heavy atom. The van der Waals surface area contributed by atoms with Gasteiger partial charge in [-0.15, -0.1) is 0 Å². The summed E-state index contributed by atoms with van der Waals surface area (Å²) < 4.78 is 0. The lowest BCUT2D eigenvalue weighted by Gasteiger charge is -2.27. The Morgan fingerprint density at radius 1 is 1.43 bits per heavy atom. The van der Waals surface area contributed by atoms with Crippen molar-refractivity contribution in [1.82, 2.24) is 10.2 Å². The lowest BCUT2D eigenvalue weighted by Crippen LogP contribution is -2.43. The molecule has 1 atom stereocenters. The number of carbonyl (C=O) groups excluding carboxylic acids is 1. The third-order valence-electron chi connectivity index (χ3n) is 2.97. The monoisotopic (exact) mass is 294 g/mol. The second-order valence-electron chi connectivity index (χ2n) is 5.75. The summed E-state index contributed by atoms with van der Waals surface area (Å²) in [6.07, 6.45) is 0. The molecule has 5 N–H and O–H groups in total. The molecule has 0 saturated heterocycles. The Labute approximate surface area is 126 Å². The average molecular weight is 294 g/mol. The molecule has 0 bridgehead atoms. The molecule has 1 aromatic rings. The predicted octanol–water partition coefficient (Wildman–Crippen LogP) is 0.743. The second-order valence-corrected chi connectivity index (χ2v) is 5.75. The van der Waals surface area contributed by atoms with E-state index in [4.69, 9.17) is 5.73 Å². The van der Waals surface area contributed by atoms with E-state index in [-0.39, 0.29) is 5.91 Å². The van der Waals surface area contributed by atoms with E-state index in [0.717, 1.165) is 0 Å². The van der Waals surface area contributed by atoms with E-state index in [1.54, 1.807) is 25.1 Å². The highest BCUT2D eigenvalue weighted by molar-refractivity contribution is 5.96. The van der Waals surface area contributed by atoms with Crippen molar-refractivity contribution in [2.75, 3.05) is 44.8 Å². The number of benzene rings is 1. The molecule has 0 aliphatic carbocycles. The summed E-state index contributed by atoms with van der Waals surface area (Å²) in [5.41, 5.74) is 6.75. The SMILES string of the molecule is CCNC(=O)c1ccc(N)c(NCC(C)(O)CN(C)C)c1. The number of rotatable bonds is 7. The van der Waals surface area contributed by atoms with E-state index in [1.807, 2.05) is 25.9 Å². The Bertz CT molecular complexity index is 487. The molecule has 0 aromatic heterocycles. The van der Waals surface area contributed by atoms with Gasteiger partial charge in [-0.2, -0.15) is 0 Å². The molecule has 21 heavy (non-hydrogen) atoms. The molecule has 0 saturated carbocycles. The summed E-state index contributed by atoms with van der Waals surface area (Å²) in [6, 6.07) is 5.07. The number of aliphatic hydroxyl groups is 1. The summed E-state index contributed by atoms with van der Waals surface area (Å²) in [6.45, 7) is 5.06. The van der Waals surface area contributed by atoms with Crippen LogP contribution in [0.3, 0.4) is 0 Å². The lowest BCUT2D eigenvalue weighted by molar-refractivity contribution is 0.0460. The van der Waals surface area contributed by atoms with Crippen LogP contribution >= 0.6 is 0 Å². The van der Waals surface area contributed by atoms with E-state index in [1.165, 1.54) is 0 Å². The van der Waals surface area contributed by atoms with Crippen LogP contribution in [-0.2, 0) is 0 Å². The van der Waals surface area contributed by atoms with E-state index in [0.29, 0.717) is 36.6 Å². The van der Waals surface area contributed by atoms with Gasteiger partial charge in [-0.05, 0) is 46.1 Å². The van der Waals surface area contributed by atoms with Crippen molar-refractivity contribution in [2.45, 2.75) is 19.4 Å². The Balaban J connectivity index is 2.79. The molecule has 0 fully saturated rings. The van der Waals surface area contributed by atoms with Gasteiger partial charge in [0, 0.05) is 25.2 Å². The van der Waals surface area contributed by atoms with Gasteiger partial charge in [0.05, 0.1) is 17.0 Å². The highest BCUT2D eigenvalue weighted by atomic mass is 16.3. The summed E-state index contributed by atoms with van der Waals surface area (Å²) >= 11 is 0. The summed E-state index contributed by atoms with van der Waals surface area (Å²) in [5, 5.41) is 16.1. The molecule has 0 aliphatic heterocycles. The number of anilines is 2. The first-order chi connectivity index (χ1) is 9.75. The summed E-state index contributed by atoms with van der Waals surface area (Å²) in [7, 11) is 3.80. The van der Waals surface area contributed by atoms with Crippen molar-refractivity contribution < 1.29 is 9.90 Å². The zero-order valence-corrected chi connectivity index (χ0v) is 13.2. The van der Waals surface area contributed by atoms with Crippen molar-refractivity contribution in [3.05, 3.63) is 23.8 Å². The van der Waals surface area contributed by atoms with Gasteiger partial charge in [0.25, 0.3) is 5.91 Å². The van der Waals surface area contributed by atoms with Gasteiger partial charge in [0.1, 0.15) is 0 Å². The number of nitrogens with zero attached hydrogens (tertiary/aromatic N) is 1. The van der Waals surface area contributed by atoms with Crippen molar-refractivity contribution in [3.8, 4) is 0 Å². The predicted molar refractivity (Wildman–Crippen MR) is 86.5 cm³/mol. The van der Waals surface area contributed by atoms with Crippen LogP contribution in [0.2, 0.25) is 0 Å². The smallest absolute Gasteiger partial charge is 0.251 e. The Hall–Kier alpha value is -1.79. The molecule has 1 unspecified atom stereocenters. The van der Waals surface area contributed by atoms with E-state index in [2.05, 4.69) is 10.6 Å². The molecule has 1 amide bonds. The molecule has 6 nitrogen and oxygen atoms in total. The molecule has 1 rings (SSSR count). The summed E-state index contributed by atoms with van der Waals surface area (Å²) in [4.78, 5) is 13.7. The second kappa shape index (κ2) is 7.28. The number of hydrogen-bond acceptors (Lipinski definition) is 5.